The Morgan fingerprint density at radius 1 is 1.33 bits per heavy atom. The van der Waals surface area contributed by atoms with Gasteiger partial charge in [-0.15, -0.1) is 0 Å². The van der Waals surface area contributed by atoms with Gasteiger partial charge in [-0.3, -0.25) is 4.79 Å². The van der Waals surface area contributed by atoms with Crippen molar-refractivity contribution in [1.82, 2.24) is 4.90 Å². The third-order valence-corrected chi connectivity index (χ3v) is 4.28. The molecule has 0 aromatic heterocycles. The molecule has 2 fully saturated rings. The summed E-state index contributed by atoms with van der Waals surface area (Å²) in [7, 11) is 0. The molecule has 2 aliphatic rings. The zero-order valence-electron chi connectivity index (χ0n) is 11.1. The van der Waals surface area contributed by atoms with Crippen LogP contribution in [0.5, 0.6) is 0 Å². The molecule has 0 bridgehead atoms. The third kappa shape index (κ3) is 2.83. The van der Waals surface area contributed by atoms with Gasteiger partial charge >= 0.3 is 0 Å². The van der Waals surface area contributed by atoms with Crippen LogP contribution in [0.25, 0.3) is 0 Å². The molecule has 3 heteroatoms. The maximum Gasteiger partial charge on any atom is 0.246 e. The lowest BCUT2D eigenvalue weighted by molar-refractivity contribution is -0.138. The van der Waals surface area contributed by atoms with E-state index in [0.29, 0.717) is 6.54 Å². The van der Waals surface area contributed by atoms with Crippen molar-refractivity contribution in [2.24, 2.45) is 5.92 Å². The number of fused-ring (bicyclic) bond motifs is 1. The van der Waals surface area contributed by atoms with E-state index in [2.05, 4.69) is 0 Å². The molecule has 100 valence electrons. The van der Waals surface area contributed by atoms with Crippen LogP contribution in [0.2, 0.25) is 0 Å². The van der Waals surface area contributed by atoms with E-state index in [0.717, 1.165) is 32.2 Å². The van der Waals surface area contributed by atoms with Crippen LogP contribution in [0, 0.1) is 5.92 Å². The van der Waals surface area contributed by atoms with Crippen LogP contribution in [0.1, 0.15) is 39.0 Å². The molecule has 0 aromatic rings. The molecule has 2 atom stereocenters. The molecule has 18 heavy (non-hydrogen) atoms. The van der Waals surface area contributed by atoms with E-state index in [1.807, 2.05) is 24.0 Å². The summed E-state index contributed by atoms with van der Waals surface area (Å²) in [6.45, 7) is 3.33. The van der Waals surface area contributed by atoms with Crippen LogP contribution in [-0.2, 0) is 4.79 Å². The molecule has 3 nitrogen and oxygen atoms in total. The number of carbonyl (C=O) groups is 1. The monoisotopic (exact) mass is 249 g/mol. The summed E-state index contributed by atoms with van der Waals surface area (Å²) in [5.74, 6) is 0.347. The highest BCUT2D eigenvalue weighted by Crippen LogP contribution is 2.39. The van der Waals surface area contributed by atoms with Gasteiger partial charge in [0.2, 0.25) is 5.91 Å². The fourth-order valence-corrected chi connectivity index (χ4v) is 3.13. The van der Waals surface area contributed by atoms with E-state index in [1.54, 1.807) is 12.2 Å². The zero-order chi connectivity index (χ0) is 13.0. The minimum Gasteiger partial charge on any atom is -0.389 e. The second-order valence-corrected chi connectivity index (χ2v) is 5.47. The summed E-state index contributed by atoms with van der Waals surface area (Å²) in [4.78, 5) is 13.9. The number of amides is 1. The van der Waals surface area contributed by atoms with Crippen molar-refractivity contribution < 1.29 is 9.90 Å². The number of allylic oxidation sites excluding steroid dienone is 3. The standard InChI is InChI=1S/C15H23NO2/c1-2-3-4-8-14(17)16-11-10-15(18)9-6-5-7-13(15)12-16/h2-4,8,13,18H,5-7,9-12H2,1H3. The summed E-state index contributed by atoms with van der Waals surface area (Å²) in [5.41, 5.74) is -0.498. The lowest BCUT2D eigenvalue weighted by Gasteiger charge is -2.47. The summed E-state index contributed by atoms with van der Waals surface area (Å²) in [5, 5.41) is 10.5. The van der Waals surface area contributed by atoms with E-state index in [-0.39, 0.29) is 11.8 Å². The molecule has 1 amide bonds. The molecular formula is C15H23NO2. The average molecular weight is 249 g/mol. The maximum absolute atomic E-state index is 12.0. The van der Waals surface area contributed by atoms with Crippen molar-refractivity contribution in [3.05, 3.63) is 24.3 Å². The van der Waals surface area contributed by atoms with Crippen molar-refractivity contribution >= 4 is 5.91 Å². The fraction of sp³-hybridized carbons (Fsp3) is 0.667. The van der Waals surface area contributed by atoms with Gasteiger partial charge in [0.1, 0.15) is 0 Å². The number of nitrogens with zero attached hydrogens (tertiary/aromatic N) is 1. The second-order valence-electron chi connectivity index (χ2n) is 5.47. The molecule has 0 radical (unpaired) electrons. The van der Waals surface area contributed by atoms with E-state index < -0.39 is 5.60 Å². The van der Waals surface area contributed by atoms with Crippen molar-refractivity contribution in [2.45, 2.75) is 44.6 Å². The van der Waals surface area contributed by atoms with Gasteiger partial charge in [-0.2, -0.15) is 0 Å². The number of hydrogen-bond acceptors (Lipinski definition) is 2. The molecule has 1 saturated carbocycles. The van der Waals surface area contributed by atoms with Crippen LogP contribution in [0.3, 0.4) is 0 Å². The SMILES string of the molecule is CC=CC=CC(=O)N1CCC2(O)CCCCC2C1. The molecule has 1 aliphatic heterocycles. The van der Waals surface area contributed by atoms with E-state index in [1.165, 1.54) is 6.42 Å². The van der Waals surface area contributed by atoms with Crippen LogP contribution in [0.15, 0.2) is 24.3 Å². The third-order valence-electron chi connectivity index (χ3n) is 4.28. The molecule has 1 N–H and O–H groups in total. The number of rotatable bonds is 2. The Balaban J connectivity index is 1.96. The first-order valence-electron chi connectivity index (χ1n) is 6.96. The summed E-state index contributed by atoms with van der Waals surface area (Å²) in [6, 6.07) is 0. The molecular weight excluding hydrogens is 226 g/mol. The highest BCUT2D eigenvalue weighted by molar-refractivity contribution is 5.88. The minimum absolute atomic E-state index is 0.0701. The Bertz CT molecular complexity index is 362. The Labute approximate surface area is 109 Å². The maximum atomic E-state index is 12.0. The van der Waals surface area contributed by atoms with Crippen molar-refractivity contribution in [1.29, 1.82) is 0 Å². The predicted octanol–water partition coefficient (Wildman–Crippen LogP) is 2.27. The number of piperidine rings is 1. The smallest absolute Gasteiger partial charge is 0.246 e. The number of likely N-dealkylation sites (tertiary alicyclic amines) is 1. The largest absolute Gasteiger partial charge is 0.389 e. The Morgan fingerprint density at radius 3 is 2.94 bits per heavy atom. The minimum atomic E-state index is -0.498. The van der Waals surface area contributed by atoms with Gasteiger partial charge in [0.25, 0.3) is 0 Å². The lowest BCUT2D eigenvalue weighted by Crippen LogP contribution is -2.54. The van der Waals surface area contributed by atoms with Gasteiger partial charge < -0.3 is 10.0 Å². The first kappa shape index (κ1) is 13.3. The topological polar surface area (TPSA) is 40.5 Å². The first-order valence-corrected chi connectivity index (χ1v) is 6.96. The first-order chi connectivity index (χ1) is 8.65. The highest BCUT2D eigenvalue weighted by Gasteiger charge is 2.43. The van der Waals surface area contributed by atoms with Gasteiger partial charge in [0.15, 0.2) is 0 Å². The van der Waals surface area contributed by atoms with Crippen LogP contribution in [-0.4, -0.2) is 34.6 Å². The molecule has 1 aliphatic carbocycles. The molecule has 0 spiro atoms. The molecule has 2 unspecified atom stereocenters. The van der Waals surface area contributed by atoms with Crippen molar-refractivity contribution in [3.8, 4) is 0 Å². The zero-order valence-corrected chi connectivity index (χ0v) is 11.1. The van der Waals surface area contributed by atoms with Gasteiger partial charge in [-0.05, 0) is 26.2 Å². The summed E-state index contributed by atoms with van der Waals surface area (Å²) in [6.07, 6.45) is 12.2. The average Bonchev–Trinajstić information content (AvgIpc) is 2.37. The summed E-state index contributed by atoms with van der Waals surface area (Å²) < 4.78 is 0. The Hall–Kier alpha value is -1.09. The molecule has 0 aromatic carbocycles. The van der Waals surface area contributed by atoms with E-state index in [9.17, 15) is 9.90 Å². The summed E-state index contributed by atoms with van der Waals surface area (Å²) >= 11 is 0. The highest BCUT2D eigenvalue weighted by atomic mass is 16.3. The molecule has 2 rings (SSSR count). The second kappa shape index (κ2) is 5.70. The van der Waals surface area contributed by atoms with Crippen molar-refractivity contribution in [3.63, 3.8) is 0 Å². The molecule has 1 heterocycles. The Kier molecular flexibility index (Phi) is 4.23. The van der Waals surface area contributed by atoms with Crippen molar-refractivity contribution in [2.75, 3.05) is 13.1 Å². The quantitative estimate of drug-likeness (QED) is 0.602. The normalized spacial score (nSPS) is 33.0. The van der Waals surface area contributed by atoms with Gasteiger partial charge in [-0.1, -0.05) is 31.1 Å². The molecule has 1 saturated heterocycles. The van der Waals surface area contributed by atoms with E-state index in [4.69, 9.17) is 0 Å². The number of hydrogen-bond donors (Lipinski definition) is 1. The number of carbonyl (C=O) groups excluding carboxylic acids is 1. The van der Waals surface area contributed by atoms with Crippen LogP contribution < -0.4 is 0 Å². The van der Waals surface area contributed by atoms with Gasteiger partial charge in [-0.25, -0.2) is 0 Å². The number of aliphatic hydroxyl groups is 1. The lowest BCUT2D eigenvalue weighted by atomic mass is 9.71. The fourth-order valence-electron chi connectivity index (χ4n) is 3.13. The van der Waals surface area contributed by atoms with Crippen LogP contribution in [0.4, 0.5) is 0 Å². The van der Waals surface area contributed by atoms with Gasteiger partial charge in [0.05, 0.1) is 5.60 Å². The predicted molar refractivity (Wildman–Crippen MR) is 72.1 cm³/mol. The van der Waals surface area contributed by atoms with Crippen LogP contribution >= 0.6 is 0 Å². The Morgan fingerprint density at radius 2 is 2.17 bits per heavy atom. The van der Waals surface area contributed by atoms with Gasteiger partial charge in [0, 0.05) is 25.1 Å². The van der Waals surface area contributed by atoms with E-state index >= 15 is 0 Å².